The van der Waals surface area contributed by atoms with Gasteiger partial charge in [-0.2, -0.15) is 0 Å². The first kappa shape index (κ1) is 9.24. The summed E-state index contributed by atoms with van der Waals surface area (Å²) in [5.74, 6) is -0.437. The second-order valence-electron chi connectivity index (χ2n) is 2.09. The van der Waals surface area contributed by atoms with Crippen molar-refractivity contribution in [1.29, 1.82) is 0 Å². The number of carbonyl (C=O) groups excluding carboxylic acids is 1. The molecule has 1 rings (SSSR count). The Balaban J connectivity index is 3.13. The maximum absolute atomic E-state index is 11.1. The summed E-state index contributed by atoms with van der Waals surface area (Å²) in [7, 11) is 1.31. The highest BCUT2D eigenvalue weighted by atomic mass is 127. The molecule has 0 fully saturated rings. The molecule has 0 saturated heterocycles. The van der Waals surface area contributed by atoms with Crippen molar-refractivity contribution < 1.29 is 9.53 Å². The van der Waals surface area contributed by atoms with Gasteiger partial charge in [-0.05, 0) is 28.7 Å². The molecule has 5 heteroatoms. The maximum atomic E-state index is 11.1. The van der Waals surface area contributed by atoms with E-state index in [1.165, 1.54) is 13.3 Å². The van der Waals surface area contributed by atoms with Crippen LogP contribution in [-0.4, -0.2) is 18.1 Å². The predicted molar refractivity (Wildman–Crippen MR) is 52.7 cm³/mol. The van der Waals surface area contributed by atoms with Crippen LogP contribution in [0.5, 0.6) is 0 Å². The number of nitrogens with two attached hydrogens (primary N) is 1. The fraction of sp³-hybridized carbons (Fsp3) is 0.143. The lowest BCUT2D eigenvalue weighted by Gasteiger charge is -2.02. The van der Waals surface area contributed by atoms with Crippen LogP contribution in [0.15, 0.2) is 12.3 Å². The summed E-state index contributed by atoms with van der Waals surface area (Å²) in [6.45, 7) is 0. The van der Waals surface area contributed by atoms with E-state index in [1.54, 1.807) is 6.07 Å². The zero-order valence-corrected chi connectivity index (χ0v) is 8.53. The number of aromatic nitrogens is 1. The first-order valence-electron chi connectivity index (χ1n) is 3.14. The lowest BCUT2D eigenvalue weighted by atomic mass is 10.2. The Bertz CT molecular complexity index is 314. The fourth-order valence-electron chi connectivity index (χ4n) is 0.727. The van der Waals surface area contributed by atoms with Gasteiger partial charge < -0.3 is 10.5 Å². The van der Waals surface area contributed by atoms with Crippen LogP contribution in [0, 0.1) is 3.70 Å². The van der Waals surface area contributed by atoms with Crippen molar-refractivity contribution in [2.75, 3.05) is 12.8 Å². The maximum Gasteiger partial charge on any atom is 0.340 e. The molecule has 1 aromatic rings. The standard InChI is InChI=1S/C7H7IN2O2/c1-12-7(11)4-2-6(8)10-3-5(4)9/h2-3H,9H2,1H3. The van der Waals surface area contributed by atoms with Crippen LogP contribution in [0.4, 0.5) is 5.69 Å². The second-order valence-corrected chi connectivity index (χ2v) is 3.19. The minimum Gasteiger partial charge on any atom is -0.465 e. The van der Waals surface area contributed by atoms with Crippen LogP contribution >= 0.6 is 22.6 Å². The molecule has 1 aromatic heterocycles. The molecule has 2 N–H and O–H groups in total. The molecule has 0 bridgehead atoms. The third-order valence-electron chi connectivity index (χ3n) is 1.31. The molecular weight excluding hydrogens is 271 g/mol. The van der Waals surface area contributed by atoms with Gasteiger partial charge >= 0.3 is 5.97 Å². The number of nitrogens with zero attached hydrogens (tertiary/aromatic N) is 1. The molecule has 0 aliphatic heterocycles. The quantitative estimate of drug-likeness (QED) is 0.474. The van der Waals surface area contributed by atoms with Gasteiger partial charge in [-0.25, -0.2) is 9.78 Å². The molecule has 0 radical (unpaired) electrons. The van der Waals surface area contributed by atoms with E-state index in [9.17, 15) is 4.79 Å². The normalized spacial score (nSPS) is 9.50. The van der Waals surface area contributed by atoms with E-state index in [2.05, 4.69) is 9.72 Å². The number of carbonyl (C=O) groups is 1. The average Bonchev–Trinajstić information content (AvgIpc) is 2.08. The molecule has 0 spiro atoms. The van der Waals surface area contributed by atoms with Crippen LogP contribution in [0.1, 0.15) is 10.4 Å². The molecule has 0 aromatic carbocycles. The number of pyridine rings is 1. The highest BCUT2D eigenvalue weighted by molar-refractivity contribution is 14.1. The number of anilines is 1. The van der Waals surface area contributed by atoms with E-state index in [4.69, 9.17) is 5.73 Å². The number of rotatable bonds is 1. The van der Waals surface area contributed by atoms with Gasteiger partial charge in [0.15, 0.2) is 0 Å². The molecular formula is C7H7IN2O2. The second kappa shape index (κ2) is 3.70. The number of hydrogen-bond donors (Lipinski definition) is 1. The summed E-state index contributed by atoms with van der Waals surface area (Å²) < 4.78 is 5.23. The van der Waals surface area contributed by atoms with E-state index in [1.807, 2.05) is 22.6 Å². The third-order valence-corrected chi connectivity index (χ3v) is 1.90. The monoisotopic (exact) mass is 278 g/mol. The number of halogens is 1. The molecule has 4 nitrogen and oxygen atoms in total. The summed E-state index contributed by atoms with van der Waals surface area (Å²) in [5.41, 5.74) is 6.19. The van der Waals surface area contributed by atoms with Crippen molar-refractivity contribution in [1.82, 2.24) is 4.98 Å². The largest absolute Gasteiger partial charge is 0.465 e. The molecule has 0 aliphatic carbocycles. The Morgan fingerprint density at radius 1 is 1.75 bits per heavy atom. The van der Waals surface area contributed by atoms with Crippen molar-refractivity contribution in [3.8, 4) is 0 Å². The van der Waals surface area contributed by atoms with Gasteiger partial charge in [-0.15, -0.1) is 0 Å². The van der Waals surface area contributed by atoms with Gasteiger partial charge in [0, 0.05) is 0 Å². The van der Waals surface area contributed by atoms with E-state index in [-0.39, 0.29) is 0 Å². The molecule has 0 aliphatic rings. The molecule has 1 heterocycles. The minimum absolute atomic E-state index is 0.335. The number of methoxy groups -OCH3 is 1. The van der Waals surface area contributed by atoms with Gasteiger partial charge in [0.2, 0.25) is 0 Å². The summed E-state index contributed by atoms with van der Waals surface area (Å²) in [6, 6.07) is 1.59. The van der Waals surface area contributed by atoms with Crippen LogP contribution in [0.25, 0.3) is 0 Å². The van der Waals surface area contributed by atoms with Crippen molar-refractivity contribution in [2.45, 2.75) is 0 Å². The fourth-order valence-corrected chi connectivity index (χ4v) is 1.18. The Kier molecular flexibility index (Phi) is 2.85. The summed E-state index contributed by atoms with van der Waals surface area (Å²) >= 11 is 2.00. The Hall–Kier alpha value is -0.850. The van der Waals surface area contributed by atoms with Gasteiger partial charge in [0.1, 0.15) is 3.70 Å². The van der Waals surface area contributed by atoms with Crippen molar-refractivity contribution >= 4 is 34.2 Å². The van der Waals surface area contributed by atoms with Gasteiger partial charge in [0.25, 0.3) is 0 Å². The predicted octanol–water partition coefficient (Wildman–Crippen LogP) is 1.05. The van der Waals surface area contributed by atoms with Gasteiger partial charge in [-0.1, -0.05) is 0 Å². The number of nitrogen functional groups attached to an aromatic ring is 1. The van der Waals surface area contributed by atoms with Crippen molar-refractivity contribution in [2.24, 2.45) is 0 Å². The highest BCUT2D eigenvalue weighted by Crippen LogP contribution is 2.13. The molecule has 0 unspecified atom stereocenters. The van der Waals surface area contributed by atoms with E-state index in [0.29, 0.717) is 15.0 Å². The zero-order valence-electron chi connectivity index (χ0n) is 6.37. The zero-order chi connectivity index (χ0) is 9.14. The first-order valence-corrected chi connectivity index (χ1v) is 4.22. The number of esters is 1. The van der Waals surface area contributed by atoms with Crippen LogP contribution in [0.2, 0.25) is 0 Å². The van der Waals surface area contributed by atoms with Crippen LogP contribution in [0.3, 0.4) is 0 Å². The van der Waals surface area contributed by atoms with E-state index >= 15 is 0 Å². The topological polar surface area (TPSA) is 65.2 Å². The van der Waals surface area contributed by atoms with E-state index < -0.39 is 5.97 Å². The summed E-state index contributed by atoms with van der Waals surface area (Å²) in [5, 5.41) is 0. The lowest BCUT2D eigenvalue weighted by molar-refractivity contribution is 0.0601. The highest BCUT2D eigenvalue weighted by Gasteiger charge is 2.09. The third kappa shape index (κ3) is 1.84. The van der Waals surface area contributed by atoms with E-state index in [0.717, 1.165) is 0 Å². The Morgan fingerprint density at radius 3 is 3.00 bits per heavy atom. The van der Waals surface area contributed by atoms with Gasteiger partial charge in [0.05, 0.1) is 24.6 Å². The molecule has 12 heavy (non-hydrogen) atoms. The average molecular weight is 278 g/mol. The van der Waals surface area contributed by atoms with Crippen LogP contribution in [-0.2, 0) is 4.74 Å². The molecule has 0 atom stereocenters. The minimum atomic E-state index is -0.437. The molecule has 0 saturated carbocycles. The summed E-state index contributed by atoms with van der Waals surface area (Å²) in [6.07, 6.45) is 1.44. The van der Waals surface area contributed by atoms with Gasteiger partial charge in [-0.3, -0.25) is 0 Å². The smallest absolute Gasteiger partial charge is 0.340 e. The number of hydrogen-bond acceptors (Lipinski definition) is 4. The Morgan fingerprint density at radius 2 is 2.42 bits per heavy atom. The molecule has 0 amide bonds. The number of ether oxygens (including phenoxy) is 1. The van der Waals surface area contributed by atoms with Crippen molar-refractivity contribution in [3.63, 3.8) is 0 Å². The van der Waals surface area contributed by atoms with Crippen molar-refractivity contribution in [3.05, 3.63) is 21.5 Å². The molecule has 64 valence electrons. The lowest BCUT2D eigenvalue weighted by Crippen LogP contribution is -2.06. The first-order chi connectivity index (χ1) is 5.65. The Labute approximate surface area is 83.3 Å². The SMILES string of the molecule is COC(=O)c1cc(I)ncc1N. The van der Waals surface area contributed by atoms with Crippen LogP contribution < -0.4 is 5.73 Å². The summed E-state index contributed by atoms with van der Waals surface area (Å²) in [4.78, 5) is 15.0.